The van der Waals surface area contributed by atoms with Crippen molar-refractivity contribution in [2.45, 2.75) is 13.0 Å². The van der Waals surface area contributed by atoms with E-state index >= 15 is 0 Å². The highest BCUT2D eigenvalue weighted by Gasteiger charge is 2.20. The lowest BCUT2D eigenvalue weighted by molar-refractivity contribution is 0.405. The van der Waals surface area contributed by atoms with Gasteiger partial charge in [-0.25, -0.2) is 0 Å². The molecule has 0 fully saturated rings. The molecule has 0 aliphatic rings. The van der Waals surface area contributed by atoms with Gasteiger partial charge in [0, 0.05) is 15.5 Å². The summed E-state index contributed by atoms with van der Waals surface area (Å²) < 4.78 is 6.58. The van der Waals surface area contributed by atoms with Crippen LogP contribution in [0.15, 0.2) is 28.1 Å². The normalized spacial score (nSPS) is 12.5. The van der Waals surface area contributed by atoms with Crippen molar-refractivity contribution in [3.05, 3.63) is 49.1 Å². The van der Waals surface area contributed by atoms with Crippen molar-refractivity contribution in [3.8, 4) is 5.75 Å². The smallest absolute Gasteiger partial charge is 0.125 e. The molecular formula is C14H15BrClNOS. The van der Waals surface area contributed by atoms with Gasteiger partial charge in [0.1, 0.15) is 5.75 Å². The molecule has 2 nitrogen and oxygen atoms in total. The standard InChI is InChI=1S/C14H15BrClNOS/c1-8-11(7-13(15)19-8)14(17-2)10-5-4-9(16)6-12(10)18-3/h4-7,14,17H,1-3H3. The largest absolute Gasteiger partial charge is 0.496 e. The summed E-state index contributed by atoms with van der Waals surface area (Å²) in [5, 5.41) is 4.03. The van der Waals surface area contributed by atoms with E-state index in [0.717, 1.165) is 15.1 Å². The molecule has 0 amide bonds. The molecule has 2 aromatic rings. The Kier molecular flexibility index (Phi) is 4.90. The predicted octanol–water partition coefficient (Wildman–Crippen LogP) is 4.79. The Morgan fingerprint density at radius 1 is 1.32 bits per heavy atom. The summed E-state index contributed by atoms with van der Waals surface area (Å²) in [6.07, 6.45) is 0. The highest BCUT2D eigenvalue weighted by molar-refractivity contribution is 9.11. The van der Waals surface area contributed by atoms with Crippen molar-refractivity contribution in [2.24, 2.45) is 0 Å². The first-order valence-electron chi connectivity index (χ1n) is 5.83. The van der Waals surface area contributed by atoms with E-state index < -0.39 is 0 Å². The van der Waals surface area contributed by atoms with E-state index in [-0.39, 0.29) is 6.04 Å². The van der Waals surface area contributed by atoms with E-state index in [1.165, 1.54) is 10.4 Å². The van der Waals surface area contributed by atoms with E-state index in [1.54, 1.807) is 18.4 Å². The average Bonchev–Trinajstić information content (AvgIpc) is 2.71. The Morgan fingerprint density at radius 2 is 2.05 bits per heavy atom. The molecule has 102 valence electrons. The summed E-state index contributed by atoms with van der Waals surface area (Å²) in [6, 6.07) is 7.98. The van der Waals surface area contributed by atoms with Crippen molar-refractivity contribution in [1.82, 2.24) is 5.32 Å². The van der Waals surface area contributed by atoms with Crippen LogP contribution in [0.25, 0.3) is 0 Å². The number of aryl methyl sites for hydroxylation is 1. The minimum absolute atomic E-state index is 0.0924. The Bertz CT molecular complexity index is 585. The zero-order valence-corrected chi connectivity index (χ0v) is 14.1. The maximum absolute atomic E-state index is 6.02. The van der Waals surface area contributed by atoms with Gasteiger partial charge in [0.25, 0.3) is 0 Å². The molecule has 0 saturated heterocycles. The van der Waals surface area contributed by atoms with Crippen LogP contribution in [0.4, 0.5) is 0 Å². The van der Waals surface area contributed by atoms with Gasteiger partial charge in [-0.15, -0.1) is 11.3 Å². The second kappa shape index (κ2) is 6.27. The molecule has 0 radical (unpaired) electrons. The lowest BCUT2D eigenvalue weighted by Crippen LogP contribution is -2.18. The van der Waals surface area contributed by atoms with E-state index in [4.69, 9.17) is 16.3 Å². The highest BCUT2D eigenvalue weighted by Crippen LogP contribution is 2.37. The monoisotopic (exact) mass is 359 g/mol. The van der Waals surface area contributed by atoms with Crippen molar-refractivity contribution < 1.29 is 4.74 Å². The lowest BCUT2D eigenvalue weighted by Gasteiger charge is -2.19. The Labute approximate surface area is 130 Å². The van der Waals surface area contributed by atoms with Crippen LogP contribution in [0.5, 0.6) is 5.75 Å². The van der Waals surface area contributed by atoms with Crippen LogP contribution in [0.3, 0.4) is 0 Å². The second-order valence-corrected chi connectivity index (χ2v) is 7.24. The molecule has 1 N–H and O–H groups in total. The Morgan fingerprint density at radius 3 is 2.58 bits per heavy atom. The molecule has 0 aliphatic carbocycles. The maximum atomic E-state index is 6.02. The molecule has 0 bridgehead atoms. The zero-order chi connectivity index (χ0) is 14.0. The Balaban J connectivity index is 2.50. The molecule has 1 heterocycles. The molecule has 1 aromatic heterocycles. The third-order valence-electron chi connectivity index (χ3n) is 3.03. The van der Waals surface area contributed by atoms with E-state index in [1.807, 2.05) is 25.2 Å². The minimum Gasteiger partial charge on any atom is -0.496 e. The Hall–Kier alpha value is -0.550. The van der Waals surface area contributed by atoms with Crippen molar-refractivity contribution in [2.75, 3.05) is 14.2 Å². The van der Waals surface area contributed by atoms with Gasteiger partial charge in [0.05, 0.1) is 16.9 Å². The number of halogens is 2. The molecular weight excluding hydrogens is 346 g/mol. The van der Waals surface area contributed by atoms with Gasteiger partial charge in [-0.3, -0.25) is 0 Å². The second-order valence-electron chi connectivity index (χ2n) is 4.17. The third kappa shape index (κ3) is 3.14. The van der Waals surface area contributed by atoms with Gasteiger partial charge >= 0.3 is 0 Å². The third-order valence-corrected chi connectivity index (χ3v) is 4.84. The first kappa shape index (κ1) is 14.9. The van der Waals surface area contributed by atoms with E-state index in [0.29, 0.717) is 5.02 Å². The number of methoxy groups -OCH3 is 1. The zero-order valence-electron chi connectivity index (χ0n) is 11.0. The molecule has 0 saturated carbocycles. The van der Waals surface area contributed by atoms with Gasteiger partial charge in [-0.05, 0) is 53.7 Å². The minimum atomic E-state index is 0.0924. The maximum Gasteiger partial charge on any atom is 0.125 e. The van der Waals surface area contributed by atoms with Crippen molar-refractivity contribution in [3.63, 3.8) is 0 Å². The molecule has 19 heavy (non-hydrogen) atoms. The summed E-state index contributed by atoms with van der Waals surface area (Å²) in [5.41, 5.74) is 2.34. The van der Waals surface area contributed by atoms with Crippen LogP contribution in [-0.2, 0) is 0 Å². The number of hydrogen-bond acceptors (Lipinski definition) is 3. The van der Waals surface area contributed by atoms with Gasteiger partial charge in [-0.2, -0.15) is 0 Å². The average molecular weight is 361 g/mol. The molecule has 1 unspecified atom stereocenters. The number of benzene rings is 1. The van der Waals surface area contributed by atoms with Crippen molar-refractivity contribution >= 4 is 38.9 Å². The van der Waals surface area contributed by atoms with Crippen LogP contribution in [0.1, 0.15) is 22.0 Å². The SMILES string of the molecule is CNC(c1ccc(Cl)cc1OC)c1cc(Br)sc1C. The summed E-state index contributed by atoms with van der Waals surface area (Å²) >= 11 is 11.3. The van der Waals surface area contributed by atoms with E-state index in [9.17, 15) is 0 Å². The summed E-state index contributed by atoms with van der Waals surface area (Å²) in [6.45, 7) is 2.12. The van der Waals surface area contributed by atoms with Crippen LogP contribution < -0.4 is 10.1 Å². The summed E-state index contributed by atoms with van der Waals surface area (Å²) in [5.74, 6) is 0.800. The quantitative estimate of drug-likeness (QED) is 0.846. The molecule has 1 aromatic carbocycles. The fraction of sp³-hybridized carbons (Fsp3) is 0.286. The number of nitrogens with one attached hydrogen (secondary N) is 1. The fourth-order valence-electron chi connectivity index (χ4n) is 2.15. The van der Waals surface area contributed by atoms with E-state index in [2.05, 4.69) is 34.2 Å². The molecule has 2 rings (SSSR count). The highest BCUT2D eigenvalue weighted by atomic mass is 79.9. The lowest BCUT2D eigenvalue weighted by atomic mass is 9.99. The molecule has 0 aliphatic heterocycles. The van der Waals surface area contributed by atoms with Gasteiger partial charge in [-0.1, -0.05) is 17.7 Å². The van der Waals surface area contributed by atoms with Gasteiger partial charge in [0.15, 0.2) is 0 Å². The number of thiophene rings is 1. The number of rotatable bonds is 4. The van der Waals surface area contributed by atoms with Crippen LogP contribution >= 0.6 is 38.9 Å². The van der Waals surface area contributed by atoms with Crippen LogP contribution in [0, 0.1) is 6.92 Å². The van der Waals surface area contributed by atoms with Gasteiger partial charge in [0.2, 0.25) is 0 Å². The van der Waals surface area contributed by atoms with Crippen LogP contribution in [0.2, 0.25) is 5.02 Å². The molecule has 0 spiro atoms. The first-order chi connectivity index (χ1) is 9.06. The topological polar surface area (TPSA) is 21.3 Å². The van der Waals surface area contributed by atoms with Gasteiger partial charge < -0.3 is 10.1 Å². The number of ether oxygens (including phenoxy) is 1. The first-order valence-corrected chi connectivity index (χ1v) is 7.82. The van der Waals surface area contributed by atoms with Crippen LogP contribution in [-0.4, -0.2) is 14.2 Å². The number of hydrogen-bond donors (Lipinski definition) is 1. The predicted molar refractivity (Wildman–Crippen MR) is 85.7 cm³/mol. The fourth-order valence-corrected chi connectivity index (χ4v) is 4.06. The summed E-state index contributed by atoms with van der Waals surface area (Å²) in [4.78, 5) is 1.28. The summed E-state index contributed by atoms with van der Waals surface area (Å²) in [7, 11) is 3.61. The molecule has 1 atom stereocenters. The van der Waals surface area contributed by atoms with Crippen molar-refractivity contribution in [1.29, 1.82) is 0 Å². The molecule has 5 heteroatoms.